The molecule has 0 heterocycles. The molecule has 0 radical (unpaired) electrons. The maximum Gasteiger partial charge on any atom is 0.0429 e. The summed E-state index contributed by atoms with van der Waals surface area (Å²) in [5.41, 5.74) is 6.04. The predicted octanol–water partition coefficient (Wildman–Crippen LogP) is 1.97. The van der Waals surface area contributed by atoms with Crippen LogP contribution in [0.1, 0.15) is 33.6 Å². The van der Waals surface area contributed by atoms with E-state index in [1.165, 1.54) is 0 Å². The van der Waals surface area contributed by atoms with Crippen LogP contribution in [0.4, 0.5) is 0 Å². The quantitative estimate of drug-likeness (QED) is 0.683. The molecule has 0 aromatic rings. The Kier molecular flexibility index (Phi) is 4.32. The van der Waals surface area contributed by atoms with E-state index in [9.17, 15) is 0 Å². The molecule has 0 aliphatic carbocycles. The molecule has 2 unspecified atom stereocenters. The van der Waals surface area contributed by atoms with Crippen molar-refractivity contribution in [2.24, 2.45) is 5.73 Å². The van der Waals surface area contributed by atoms with Crippen LogP contribution in [0, 0.1) is 0 Å². The van der Waals surface area contributed by atoms with Gasteiger partial charge in [-0.15, -0.1) is 0 Å². The number of nitrogens with two attached hydrogens (primary N) is 1. The minimum Gasteiger partial charge on any atom is -0.376 e. The van der Waals surface area contributed by atoms with Gasteiger partial charge in [0, 0.05) is 18.6 Å². The fourth-order valence-corrected chi connectivity index (χ4v) is 1.37. The molecule has 0 aromatic carbocycles. The summed E-state index contributed by atoms with van der Waals surface area (Å²) >= 11 is 0. The van der Waals surface area contributed by atoms with E-state index in [0.717, 1.165) is 12.8 Å². The summed E-state index contributed by atoms with van der Waals surface area (Å²) in [6.07, 6.45) is 4.00. The van der Waals surface area contributed by atoms with E-state index in [2.05, 4.69) is 32.3 Å². The largest absolute Gasteiger partial charge is 0.376 e. The van der Waals surface area contributed by atoms with Crippen molar-refractivity contribution >= 4 is 0 Å². The minimum absolute atomic E-state index is 0.113. The van der Waals surface area contributed by atoms with E-state index >= 15 is 0 Å². The Bertz CT molecular complexity index is 141. The lowest BCUT2D eigenvalue weighted by Crippen LogP contribution is -2.52. The summed E-state index contributed by atoms with van der Waals surface area (Å²) in [4.78, 5) is 2.07. The second-order valence-electron chi connectivity index (χ2n) is 3.78. The van der Waals surface area contributed by atoms with E-state index in [1.54, 1.807) is 0 Å². The summed E-state index contributed by atoms with van der Waals surface area (Å²) in [6.45, 7) is 10.1. The zero-order valence-corrected chi connectivity index (χ0v) is 8.80. The van der Waals surface area contributed by atoms with Gasteiger partial charge >= 0.3 is 0 Å². The van der Waals surface area contributed by atoms with Gasteiger partial charge in [-0.1, -0.05) is 19.9 Å². The van der Waals surface area contributed by atoms with Crippen molar-refractivity contribution < 1.29 is 0 Å². The summed E-state index contributed by atoms with van der Waals surface area (Å²) in [7, 11) is 2.01. The first-order valence-electron chi connectivity index (χ1n) is 4.59. The first-order valence-corrected chi connectivity index (χ1v) is 4.59. The van der Waals surface area contributed by atoms with Gasteiger partial charge in [0.15, 0.2) is 0 Å². The van der Waals surface area contributed by atoms with Gasteiger partial charge < -0.3 is 10.6 Å². The normalized spacial score (nSPS) is 18.1. The average molecular weight is 170 g/mol. The van der Waals surface area contributed by atoms with Crippen molar-refractivity contribution in [2.45, 2.75) is 45.2 Å². The second kappa shape index (κ2) is 4.51. The summed E-state index contributed by atoms with van der Waals surface area (Å²) in [5, 5.41) is 0. The Balaban J connectivity index is 4.22. The maximum absolute atomic E-state index is 6.16. The molecule has 0 saturated carbocycles. The van der Waals surface area contributed by atoms with Crippen molar-refractivity contribution in [3.8, 4) is 0 Å². The lowest BCUT2D eigenvalue weighted by molar-refractivity contribution is 0.216. The van der Waals surface area contributed by atoms with Gasteiger partial charge in [0.1, 0.15) is 0 Å². The SMILES string of the molecule is C=CN(C)C(C)C(C)(N)CCC. The first-order chi connectivity index (χ1) is 5.45. The van der Waals surface area contributed by atoms with Crippen LogP contribution in [0.25, 0.3) is 0 Å². The smallest absolute Gasteiger partial charge is 0.0429 e. The molecule has 12 heavy (non-hydrogen) atoms. The van der Waals surface area contributed by atoms with Crippen LogP contribution >= 0.6 is 0 Å². The Morgan fingerprint density at radius 2 is 2.17 bits per heavy atom. The van der Waals surface area contributed by atoms with Crippen LogP contribution in [-0.4, -0.2) is 23.5 Å². The molecule has 0 saturated heterocycles. The van der Waals surface area contributed by atoms with Crippen LogP contribution in [0.5, 0.6) is 0 Å². The lowest BCUT2D eigenvalue weighted by atomic mass is 9.89. The van der Waals surface area contributed by atoms with Crippen molar-refractivity contribution in [1.82, 2.24) is 4.90 Å². The van der Waals surface area contributed by atoms with Gasteiger partial charge in [-0.3, -0.25) is 0 Å². The van der Waals surface area contributed by atoms with Gasteiger partial charge in [0.05, 0.1) is 0 Å². The highest BCUT2D eigenvalue weighted by atomic mass is 15.1. The van der Waals surface area contributed by atoms with Crippen molar-refractivity contribution in [2.75, 3.05) is 7.05 Å². The molecule has 0 aliphatic heterocycles. The zero-order valence-electron chi connectivity index (χ0n) is 8.80. The summed E-state index contributed by atoms with van der Waals surface area (Å²) in [5.74, 6) is 0. The third-order valence-electron chi connectivity index (χ3n) is 2.64. The monoisotopic (exact) mass is 170 g/mol. The standard InChI is InChI=1S/C10H22N2/c1-6-8-10(4,11)9(3)12(5)7-2/h7,9H,2,6,8,11H2,1,3-5H3. The number of hydrogen-bond donors (Lipinski definition) is 1. The van der Waals surface area contributed by atoms with E-state index in [0.29, 0.717) is 6.04 Å². The fraction of sp³-hybridized carbons (Fsp3) is 0.800. The van der Waals surface area contributed by atoms with E-state index < -0.39 is 0 Å². The molecule has 2 N–H and O–H groups in total. The van der Waals surface area contributed by atoms with Crippen LogP contribution in [0.3, 0.4) is 0 Å². The Hall–Kier alpha value is -0.500. The highest BCUT2D eigenvalue weighted by Crippen LogP contribution is 2.17. The van der Waals surface area contributed by atoms with Crippen LogP contribution < -0.4 is 5.73 Å². The van der Waals surface area contributed by atoms with Crippen molar-refractivity contribution in [3.63, 3.8) is 0 Å². The fourth-order valence-electron chi connectivity index (χ4n) is 1.37. The molecule has 2 nitrogen and oxygen atoms in total. The molecule has 0 amide bonds. The third kappa shape index (κ3) is 2.86. The highest BCUT2D eigenvalue weighted by molar-refractivity contribution is 4.92. The lowest BCUT2D eigenvalue weighted by Gasteiger charge is -2.37. The number of likely N-dealkylation sites (N-methyl/N-ethyl adjacent to an activating group) is 1. The molecular weight excluding hydrogens is 148 g/mol. The molecule has 0 bridgehead atoms. The molecule has 0 fully saturated rings. The summed E-state index contributed by atoms with van der Waals surface area (Å²) in [6, 6.07) is 0.343. The van der Waals surface area contributed by atoms with Crippen molar-refractivity contribution in [3.05, 3.63) is 12.8 Å². The molecule has 2 atom stereocenters. The van der Waals surface area contributed by atoms with E-state index in [4.69, 9.17) is 5.73 Å². The first kappa shape index (κ1) is 11.5. The van der Waals surface area contributed by atoms with Crippen LogP contribution in [0.2, 0.25) is 0 Å². The maximum atomic E-state index is 6.16. The van der Waals surface area contributed by atoms with Gasteiger partial charge in [-0.05, 0) is 26.5 Å². The third-order valence-corrected chi connectivity index (χ3v) is 2.64. The molecule has 72 valence electrons. The molecule has 0 spiro atoms. The number of hydrogen-bond acceptors (Lipinski definition) is 2. The van der Waals surface area contributed by atoms with Gasteiger partial charge in [-0.25, -0.2) is 0 Å². The summed E-state index contributed by atoms with van der Waals surface area (Å²) < 4.78 is 0. The number of rotatable bonds is 5. The van der Waals surface area contributed by atoms with E-state index in [-0.39, 0.29) is 5.54 Å². The Labute approximate surface area is 76.4 Å². The molecule has 2 heteroatoms. The Morgan fingerprint density at radius 1 is 1.67 bits per heavy atom. The highest BCUT2D eigenvalue weighted by Gasteiger charge is 2.26. The zero-order chi connectivity index (χ0) is 9.78. The van der Waals surface area contributed by atoms with E-state index in [1.807, 2.05) is 13.2 Å². The van der Waals surface area contributed by atoms with Gasteiger partial charge in [0.25, 0.3) is 0 Å². The molecule has 0 aliphatic rings. The van der Waals surface area contributed by atoms with Gasteiger partial charge in [0.2, 0.25) is 0 Å². The Morgan fingerprint density at radius 3 is 2.50 bits per heavy atom. The average Bonchev–Trinajstić information content (AvgIpc) is 2.01. The molecule has 0 aromatic heterocycles. The topological polar surface area (TPSA) is 29.3 Å². The van der Waals surface area contributed by atoms with Crippen LogP contribution in [0.15, 0.2) is 12.8 Å². The molecule has 0 rings (SSSR count). The minimum atomic E-state index is -0.113. The number of nitrogens with zero attached hydrogens (tertiary/aromatic N) is 1. The van der Waals surface area contributed by atoms with Crippen LogP contribution in [-0.2, 0) is 0 Å². The predicted molar refractivity (Wildman–Crippen MR) is 54.9 cm³/mol. The van der Waals surface area contributed by atoms with Crippen molar-refractivity contribution in [1.29, 1.82) is 0 Å². The van der Waals surface area contributed by atoms with Gasteiger partial charge in [-0.2, -0.15) is 0 Å². The second-order valence-corrected chi connectivity index (χ2v) is 3.78. The molecular formula is C10H22N2.